The zero-order valence-corrected chi connectivity index (χ0v) is 18.0. The fraction of sp³-hybridized carbons (Fsp3) is 0.682. The van der Waals surface area contributed by atoms with E-state index in [9.17, 15) is 13.2 Å². The van der Waals surface area contributed by atoms with Crippen molar-refractivity contribution in [3.63, 3.8) is 0 Å². The molecule has 0 unspecified atom stereocenters. The first-order valence-electron chi connectivity index (χ1n) is 11.1. The molecule has 1 aromatic rings. The molecule has 0 spiro atoms. The zero-order chi connectivity index (χ0) is 20.5. The number of amides is 1. The molecule has 2 saturated carbocycles. The Morgan fingerprint density at radius 3 is 1.97 bits per heavy atom. The van der Waals surface area contributed by atoms with Gasteiger partial charge in [-0.3, -0.25) is 4.79 Å². The number of sulfonamides is 1. The van der Waals surface area contributed by atoms with Crippen molar-refractivity contribution in [2.45, 2.75) is 94.0 Å². The molecule has 0 aromatic heterocycles. The molecule has 29 heavy (non-hydrogen) atoms. The lowest BCUT2D eigenvalue weighted by atomic mass is 9.96. The largest absolute Gasteiger partial charge is 0.484 e. The molecule has 2 N–H and O–H groups in total. The third-order valence-corrected chi connectivity index (χ3v) is 7.44. The van der Waals surface area contributed by atoms with Gasteiger partial charge in [0, 0.05) is 12.1 Å². The average Bonchev–Trinajstić information content (AvgIpc) is 2.69. The number of carbonyl (C=O) groups is 1. The second-order valence-electron chi connectivity index (χ2n) is 8.33. The molecule has 162 valence electrons. The van der Waals surface area contributed by atoms with Crippen LogP contribution in [0.15, 0.2) is 29.2 Å². The molecule has 1 aromatic carbocycles. The van der Waals surface area contributed by atoms with Gasteiger partial charge < -0.3 is 10.1 Å². The minimum Gasteiger partial charge on any atom is -0.484 e. The quantitative estimate of drug-likeness (QED) is 0.698. The highest BCUT2D eigenvalue weighted by Gasteiger charge is 2.22. The summed E-state index contributed by atoms with van der Waals surface area (Å²) in [5, 5.41) is 3.07. The number of carbonyl (C=O) groups excluding carboxylic acids is 1. The Morgan fingerprint density at radius 1 is 0.828 bits per heavy atom. The van der Waals surface area contributed by atoms with E-state index in [1.807, 2.05) is 0 Å². The summed E-state index contributed by atoms with van der Waals surface area (Å²) < 4.78 is 33.4. The van der Waals surface area contributed by atoms with Crippen LogP contribution in [0.25, 0.3) is 0 Å². The van der Waals surface area contributed by atoms with Crippen LogP contribution >= 0.6 is 0 Å². The van der Waals surface area contributed by atoms with E-state index in [0.717, 1.165) is 51.4 Å². The Balaban J connectivity index is 1.46. The summed E-state index contributed by atoms with van der Waals surface area (Å²) in [6.45, 7) is -0.0527. The summed E-state index contributed by atoms with van der Waals surface area (Å²) in [6, 6.07) is 6.56. The molecule has 0 radical (unpaired) electrons. The molecule has 0 aliphatic heterocycles. The van der Waals surface area contributed by atoms with E-state index in [1.165, 1.54) is 37.8 Å². The zero-order valence-electron chi connectivity index (χ0n) is 17.2. The lowest BCUT2D eigenvalue weighted by Gasteiger charge is -2.22. The van der Waals surface area contributed by atoms with Crippen LogP contribution < -0.4 is 14.8 Å². The highest BCUT2D eigenvalue weighted by Crippen LogP contribution is 2.21. The maximum Gasteiger partial charge on any atom is 0.258 e. The van der Waals surface area contributed by atoms with Crippen LogP contribution in [0, 0.1) is 0 Å². The summed E-state index contributed by atoms with van der Waals surface area (Å²) in [6.07, 6.45) is 13.3. The summed E-state index contributed by atoms with van der Waals surface area (Å²) in [5.41, 5.74) is 0. The van der Waals surface area contributed by atoms with Gasteiger partial charge in [0.15, 0.2) is 6.61 Å². The third-order valence-electron chi connectivity index (χ3n) is 5.90. The normalized spacial score (nSPS) is 19.9. The van der Waals surface area contributed by atoms with Crippen molar-refractivity contribution in [2.75, 3.05) is 6.61 Å². The smallest absolute Gasteiger partial charge is 0.258 e. The Bertz CT molecular complexity index is 735. The molecule has 7 heteroatoms. The van der Waals surface area contributed by atoms with E-state index in [4.69, 9.17) is 4.74 Å². The van der Waals surface area contributed by atoms with Crippen LogP contribution in [0.5, 0.6) is 5.75 Å². The Morgan fingerprint density at radius 2 is 1.34 bits per heavy atom. The van der Waals surface area contributed by atoms with Gasteiger partial charge in [-0.2, -0.15) is 0 Å². The predicted molar refractivity (Wildman–Crippen MR) is 113 cm³/mol. The van der Waals surface area contributed by atoms with Crippen LogP contribution in [0.2, 0.25) is 0 Å². The SMILES string of the molecule is O=C(COc1ccc(S(=O)(=O)NC2CCCCC2)cc1)NC1CCCCCCC1. The molecule has 0 bridgehead atoms. The second kappa shape index (κ2) is 11.0. The molecule has 3 rings (SSSR count). The van der Waals surface area contributed by atoms with Crippen LogP contribution in [0.1, 0.15) is 77.0 Å². The van der Waals surface area contributed by atoms with E-state index in [0.29, 0.717) is 5.75 Å². The fourth-order valence-electron chi connectivity index (χ4n) is 4.24. The van der Waals surface area contributed by atoms with E-state index >= 15 is 0 Å². The maximum absolute atomic E-state index is 12.5. The van der Waals surface area contributed by atoms with Gasteiger partial charge in [0.05, 0.1) is 4.90 Å². The molecular formula is C22H34N2O4S. The highest BCUT2D eigenvalue weighted by atomic mass is 32.2. The van der Waals surface area contributed by atoms with Gasteiger partial charge >= 0.3 is 0 Å². The summed E-state index contributed by atoms with van der Waals surface area (Å²) in [5.74, 6) is 0.376. The van der Waals surface area contributed by atoms with Gasteiger partial charge in [0.25, 0.3) is 5.91 Å². The highest BCUT2D eigenvalue weighted by molar-refractivity contribution is 7.89. The number of nitrogens with one attached hydrogen (secondary N) is 2. The van der Waals surface area contributed by atoms with Crippen LogP contribution in [-0.4, -0.2) is 33.0 Å². The van der Waals surface area contributed by atoms with Gasteiger partial charge in [-0.15, -0.1) is 0 Å². The van der Waals surface area contributed by atoms with E-state index in [2.05, 4.69) is 10.0 Å². The standard InChI is InChI=1S/C22H34N2O4S/c25-22(23-18-9-5-2-1-3-6-10-18)17-28-20-13-15-21(16-14-20)29(26,27)24-19-11-7-4-8-12-19/h13-16,18-19,24H,1-12,17H2,(H,23,25). The van der Waals surface area contributed by atoms with Crippen molar-refractivity contribution in [2.24, 2.45) is 0 Å². The van der Waals surface area contributed by atoms with Crippen molar-refractivity contribution >= 4 is 15.9 Å². The number of ether oxygens (including phenoxy) is 1. The van der Waals surface area contributed by atoms with Crippen molar-refractivity contribution in [3.05, 3.63) is 24.3 Å². The van der Waals surface area contributed by atoms with Crippen LogP contribution in [0.3, 0.4) is 0 Å². The van der Waals surface area contributed by atoms with Crippen molar-refractivity contribution in [1.82, 2.24) is 10.0 Å². The lowest BCUT2D eigenvalue weighted by Crippen LogP contribution is -2.38. The minimum atomic E-state index is -3.52. The Kier molecular flexibility index (Phi) is 8.36. The molecule has 1 amide bonds. The van der Waals surface area contributed by atoms with E-state index < -0.39 is 10.0 Å². The predicted octanol–water partition coefficient (Wildman–Crippen LogP) is 3.91. The van der Waals surface area contributed by atoms with Gasteiger partial charge in [-0.25, -0.2) is 13.1 Å². The lowest BCUT2D eigenvalue weighted by molar-refractivity contribution is -0.123. The van der Waals surface area contributed by atoms with Crippen LogP contribution in [-0.2, 0) is 14.8 Å². The van der Waals surface area contributed by atoms with Crippen LogP contribution in [0.4, 0.5) is 0 Å². The molecular weight excluding hydrogens is 388 g/mol. The molecule has 0 saturated heterocycles. The number of benzene rings is 1. The maximum atomic E-state index is 12.5. The van der Waals surface area contributed by atoms with Gasteiger partial charge in [-0.1, -0.05) is 51.4 Å². The first-order valence-corrected chi connectivity index (χ1v) is 12.6. The van der Waals surface area contributed by atoms with E-state index in [-0.39, 0.29) is 29.5 Å². The summed E-state index contributed by atoms with van der Waals surface area (Å²) in [4.78, 5) is 12.4. The van der Waals surface area contributed by atoms with Gasteiger partial charge in [-0.05, 0) is 49.9 Å². The number of rotatable bonds is 7. The number of hydrogen-bond acceptors (Lipinski definition) is 4. The molecule has 2 aliphatic carbocycles. The second-order valence-corrected chi connectivity index (χ2v) is 10.0. The monoisotopic (exact) mass is 422 g/mol. The van der Waals surface area contributed by atoms with Crippen molar-refractivity contribution < 1.29 is 17.9 Å². The minimum absolute atomic E-state index is 0.0293. The Hall–Kier alpha value is -1.60. The molecule has 2 aliphatic rings. The van der Waals surface area contributed by atoms with E-state index in [1.54, 1.807) is 12.1 Å². The molecule has 0 atom stereocenters. The first-order chi connectivity index (χ1) is 14.0. The molecule has 2 fully saturated rings. The van der Waals surface area contributed by atoms with Crippen molar-refractivity contribution in [1.29, 1.82) is 0 Å². The van der Waals surface area contributed by atoms with Gasteiger partial charge in [0.2, 0.25) is 10.0 Å². The van der Waals surface area contributed by atoms with Crippen molar-refractivity contribution in [3.8, 4) is 5.75 Å². The van der Waals surface area contributed by atoms with Gasteiger partial charge in [0.1, 0.15) is 5.75 Å². The third kappa shape index (κ3) is 7.30. The molecule has 6 nitrogen and oxygen atoms in total. The Labute approximate surface area is 174 Å². The number of hydrogen-bond donors (Lipinski definition) is 2. The fourth-order valence-corrected chi connectivity index (χ4v) is 5.55. The molecule has 0 heterocycles. The summed E-state index contributed by atoms with van der Waals surface area (Å²) >= 11 is 0. The average molecular weight is 423 g/mol. The summed E-state index contributed by atoms with van der Waals surface area (Å²) in [7, 11) is -3.52. The topological polar surface area (TPSA) is 84.5 Å². The first kappa shape index (κ1) is 22.1.